The molecule has 308 valence electrons. The molecule has 1 fully saturated rings. The van der Waals surface area contributed by atoms with Crippen molar-refractivity contribution in [1.82, 2.24) is 0 Å². The molecule has 1 aliphatic rings. The molecule has 1 saturated heterocycles. The standard InChI is InChI=1S/C43H76O10/c1-3-5-7-9-11-13-15-17-18-20-21-23-25-27-29-31-38(45)50-34-36(35-51-43-42(49)41(48)40(47)37(33-44)53-43)52-39(46)32-30-28-26-24-22-19-16-14-12-10-8-6-4-2/h5,7,11,13,17-18,36-37,40-44,47-49H,3-4,6,8-10,12,14-16,19-35H2,1-2H3/b7-5-,13-11-,18-17-/t36-,37-,40+,41+,42-,43-/m1/s1. The number of aliphatic hydroxyl groups excluding tert-OH is 4. The van der Waals surface area contributed by atoms with Crippen LogP contribution in [0.15, 0.2) is 36.5 Å². The molecule has 10 nitrogen and oxygen atoms in total. The van der Waals surface area contributed by atoms with Gasteiger partial charge in [-0.25, -0.2) is 0 Å². The van der Waals surface area contributed by atoms with Gasteiger partial charge in [0.25, 0.3) is 0 Å². The number of ether oxygens (including phenoxy) is 4. The zero-order chi connectivity index (χ0) is 38.8. The number of allylic oxidation sites excluding steroid dienone is 6. The van der Waals surface area contributed by atoms with Crippen LogP contribution in [0.25, 0.3) is 0 Å². The third-order valence-corrected chi connectivity index (χ3v) is 9.54. The van der Waals surface area contributed by atoms with Gasteiger partial charge in [0.05, 0.1) is 13.2 Å². The molecule has 0 spiro atoms. The second-order valence-electron chi connectivity index (χ2n) is 14.4. The van der Waals surface area contributed by atoms with Crippen LogP contribution in [-0.2, 0) is 28.5 Å². The smallest absolute Gasteiger partial charge is 0.306 e. The Morgan fingerprint density at radius 2 is 1.11 bits per heavy atom. The Hall–Kier alpha value is -2.08. The molecular weight excluding hydrogens is 676 g/mol. The van der Waals surface area contributed by atoms with Crippen LogP contribution in [0.5, 0.6) is 0 Å². The lowest BCUT2D eigenvalue weighted by molar-refractivity contribution is -0.305. The highest BCUT2D eigenvalue weighted by molar-refractivity contribution is 5.70. The molecule has 1 heterocycles. The monoisotopic (exact) mass is 753 g/mol. The summed E-state index contributed by atoms with van der Waals surface area (Å²) < 4.78 is 22.1. The van der Waals surface area contributed by atoms with Crippen molar-refractivity contribution < 1.29 is 49.0 Å². The average Bonchev–Trinajstić information content (AvgIpc) is 3.15. The molecule has 0 amide bonds. The molecule has 53 heavy (non-hydrogen) atoms. The second kappa shape index (κ2) is 34.4. The third kappa shape index (κ3) is 26.4. The summed E-state index contributed by atoms with van der Waals surface area (Å²) in [7, 11) is 0. The van der Waals surface area contributed by atoms with Crippen molar-refractivity contribution in [2.24, 2.45) is 0 Å². The van der Waals surface area contributed by atoms with Gasteiger partial charge in [-0.15, -0.1) is 0 Å². The molecule has 0 aromatic heterocycles. The maximum atomic E-state index is 12.7. The molecule has 0 aliphatic carbocycles. The van der Waals surface area contributed by atoms with E-state index >= 15 is 0 Å². The fraction of sp³-hybridized carbons (Fsp3) is 0.814. The largest absolute Gasteiger partial charge is 0.462 e. The number of rotatable bonds is 34. The van der Waals surface area contributed by atoms with Crippen LogP contribution in [0.1, 0.15) is 168 Å². The van der Waals surface area contributed by atoms with Crippen molar-refractivity contribution in [1.29, 1.82) is 0 Å². The molecular formula is C43H76O10. The van der Waals surface area contributed by atoms with E-state index in [9.17, 15) is 30.0 Å². The highest BCUT2D eigenvalue weighted by Gasteiger charge is 2.44. The Balaban J connectivity index is 2.37. The molecule has 1 rings (SSSR count). The van der Waals surface area contributed by atoms with E-state index in [4.69, 9.17) is 18.9 Å². The van der Waals surface area contributed by atoms with Gasteiger partial charge in [-0.2, -0.15) is 0 Å². The van der Waals surface area contributed by atoms with Gasteiger partial charge in [0, 0.05) is 12.8 Å². The molecule has 10 heteroatoms. The first-order chi connectivity index (χ1) is 25.8. The van der Waals surface area contributed by atoms with Gasteiger partial charge in [-0.05, 0) is 44.9 Å². The van der Waals surface area contributed by atoms with Crippen LogP contribution >= 0.6 is 0 Å². The minimum atomic E-state index is -1.60. The molecule has 0 saturated carbocycles. The first-order valence-corrected chi connectivity index (χ1v) is 21.1. The van der Waals surface area contributed by atoms with Gasteiger partial charge in [-0.3, -0.25) is 9.59 Å². The van der Waals surface area contributed by atoms with Crippen LogP contribution in [0, 0.1) is 0 Å². The highest BCUT2D eigenvalue weighted by Crippen LogP contribution is 2.22. The second-order valence-corrected chi connectivity index (χ2v) is 14.4. The van der Waals surface area contributed by atoms with Gasteiger partial charge in [0.15, 0.2) is 12.4 Å². The zero-order valence-electron chi connectivity index (χ0n) is 33.3. The van der Waals surface area contributed by atoms with Gasteiger partial charge < -0.3 is 39.4 Å². The zero-order valence-corrected chi connectivity index (χ0v) is 33.3. The summed E-state index contributed by atoms with van der Waals surface area (Å²) in [5.41, 5.74) is 0. The number of hydrogen-bond acceptors (Lipinski definition) is 10. The third-order valence-electron chi connectivity index (χ3n) is 9.54. The maximum Gasteiger partial charge on any atom is 0.306 e. The lowest BCUT2D eigenvalue weighted by atomic mass is 9.99. The van der Waals surface area contributed by atoms with E-state index in [1.165, 1.54) is 57.8 Å². The molecule has 4 N–H and O–H groups in total. The van der Waals surface area contributed by atoms with Crippen molar-refractivity contribution in [3.05, 3.63) is 36.5 Å². The molecule has 6 atom stereocenters. The van der Waals surface area contributed by atoms with Crippen LogP contribution in [0.4, 0.5) is 0 Å². The van der Waals surface area contributed by atoms with Gasteiger partial charge in [0.1, 0.15) is 31.0 Å². The average molecular weight is 753 g/mol. The molecule has 0 aromatic rings. The summed E-state index contributed by atoms with van der Waals surface area (Å²) in [4.78, 5) is 25.2. The summed E-state index contributed by atoms with van der Waals surface area (Å²) in [5, 5.41) is 40.0. The Kier molecular flexibility index (Phi) is 31.8. The Morgan fingerprint density at radius 1 is 0.604 bits per heavy atom. The number of esters is 2. The fourth-order valence-corrected chi connectivity index (χ4v) is 6.20. The minimum absolute atomic E-state index is 0.225. The van der Waals surface area contributed by atoms with E-state index in [0.29, 0.717) is 12.8 Å². The topological polar surface area (TPSA) is 152 Å². The Morgan fingerprint density at radius 3 is 1.68 bits per heavy atom. The van der Waals surface area contributed by atoms with E-state index in [-0.39, 0.29) is 26.1 Å². The minimum Gasteiger partial charge on any atom is -0.462 e. The quantitative estimate of drug-likeness (QED) is 0.0287. The summed E-state index contributed by atoms with van der Waals surface area (Å²) in [6.07, 6.45) is 30.1. The van der Waals surface area contributed by atoms with Crippen molar-refractivity contribution in [2.75, 3.05) is 19.8 Å². The van der Waals surface area contributed by atoms with Crippen LogP contribution in [0.3, 0.4) is 0 Å². The molecule has 1 aliphatic heterocycles. The van der Waals surface area contributed by atoms with Crippen molar-refractivity contribution in [3.8, 4) is 0 Å². The van der Waals surface area contributed by atoms with Gasteiger partial charge >= 0.3 is 11.9 Å². The van der Waals surface area contributed by atoms with Crippen molar-refractivity contribution >= 4 is 11.9 Å². The van der Waals surface area contributed by atoms with Crippen molar-refractivity contribution in [2.45, 2.75) is 205 Å². The van der Waals surface area contributed by atoms with E-state index in [0.717, 1.165) is 70.6 Å². The predicted octanol–water partition coefficient (Wildman–Crippen LogP) is 8.33. The normalized spacial score (nSPS) is 21.2. The maximum absolute atomic E-state index is 12.7. The molecule has 0 radical (unpaired) electrons. The van der Waals surface area contributed by atoms with E-state index in [1.54, 1.807) is 0 Å². The van der Waals surface area contributed by atoms with Crippen LogP contribution < -0.4 is 0 Å². The summed E-state index contributed by atoms with van der Waals surface area (Å²) in [6.45, 7) is 3.28. The number of carbonyl (C=O) groups excluding carboxylic acids is 2. The van der Waals surface area contributed by atoms with Crippen LogP contribution in [-0.4, -0.2) is 89.0 Å². The number of hydrogen-bond donors (Lipinski definition) is 4. The van der Waals surface area contributed by atoms with E-state index in [2.05, 4.69) is 50.3 Å². The lowest BCUT2D eigenvalue weighted by Gasteiger charge is -2.39. The molecule has 0 bridgehead atoms. The SMILES string of the molecule is CC/C=C\C/C=C\C/C=C\CCCCCCCC(=O)OC[C@H](CO[C@@H]1O[C@H](CO)[C@H](O)[C@H](O)[C@H]1O)OC(=O)CCCCCCCCCCCCCCC. The first kappa shape index (κ1) is 48.9. The van der Waals surface area contributed by atoms with Crippen LogP contribution in [0.2, 0.25) is 0 Å². The van der Waals surface area contributed by atoms with E-state index in [1.807, 2.05) is 0 Å². The summed E-state index contributed by atoms with van der Waals surface area (Å²) >= 11 is 0. The summed E-state index contributed by atoms with van der Waals surface area (Å²) in [6, 6.07) is 0. The lowest BCUT2D eigenvalue weighted by Crippen LogP contribution is -2.59. The number of aliphatic hydroxyl groups is 4. The highest BCUT2D eigenvalue weighted by atomic mass is 16.7. The molecule has 0 unspecified atom stereocenters. The summed E-state index contributed by atoms with van der Waals surface area (Å²) in [5.74, 6) is -0.825. The fourth-order valence-electron chi connectivity index (χ4n) is 6.20. The number of unbranched alkanes of at least 4 members (excludes halogenated alkanes) is 17. The predicted molar refractivity (Wildman–Crippen MR) is 210 cm³/mol. The molecule has 0 aromatic carbocycles. The van der Waals surface area contributed by atoms with Gasteiger partial charge in [-0.1, -0.05) is 147 Å². The Labute approximate surface area is 321 Å². The van der Waals surface area contributed by atoms with Crippen molar-refractivity contribution in [3.63, 3.8) is 0 Å². The first-order valence-electron chi connectivity index (χ1n) is 21.1. The van der Waals surface area contributed by atoms with E-state index < -0.39 is 55.4 Å². The Bertz CT molecular complexity index is 965. The number of carbonyl (C=O) groups is 2. The van der Waals surface area contributed by atoms with Gasteiger partial charge in [0.2, 0.25) is 0 Å².